The molecule has 0 spiro atoms. The minimum Gasteiger partial charge on any atom is -0.334 e. The van der Waals surface area contributed by atoms with Crippen LogP contribution >= 0.6 is 27.7 Å². The minimum atomic E-state index is 0.451. The van der Waals surface area contributed by atoms with Crippen molar-refractivity contribution in [1.82, 2.24) is 0 Å². The molecule has 0 radical (unpaired) electrons. The lowest BCUT2D eigenvalue weighted by molar-refractivity contribution is 0.543. The molecule has 1 aromatic carbocycles. The second kappa shape index (κ2) is 5.44. The monoisotopic (exact) mass is 312 g/mol. The van der Waals surface area contributed by atoms with Crippen LogP contribution in [-0.4, -0.2) is 17.0 Å². The molecule has 0 aromatic heterocycles. The fourth-order valence-corrected chi connectivity index (χ4v) is 3.41. The van der Waals surface area contributed by atoms with E-state index in [1.807, 2.05) is 0 Å². The van der Waals surface area contributed by atoms with Crippen molar-refractivity contribution < 1.29 is 0 Å². The standard InChI is InChI=1S/C13H17BrN2S/c1-8(2)12-7-17-13(16-12)15-11-5-4-9(3)6-10(11)14/h4-6,8,12H,7H2,1-3H3,(H,15,16)/t12-/m1/s1. The summed E-state index contributed by atoms with van der Waals surface area (Å²) in [5.41, 5.74) is 2.34. The molecular weight excluding hydrogens is 296 g/mol. The third-order valence-electron chi connectivity index (χ3n) is 2.81. The summed E-state index contributed by atoms with van der Waals surface area (Å²) in [6.45, 7) is 6.53. The highest BCUT2D eigenvalue weighted by molar-refractivity contribution is 9.10. The number of rotatable bonds is 2. The molecule has 92 valence electrons. The molecule has 1 aromatic rings. The molecule has 0 bridgehead atoms. The molecule has 1 aliphatic heterocycles. The number of hydrogen-bond donors (Lipinski definition) is 1. The first-order valence-electron chi connectivity index (χ1n) is 5.80. The number of amidine groups is 1. The van der Waals surface area contributed by atoms with E-state index in [-0.39, 0.29) is 0 Å². The van der Waals surface area contributed by atoms with Gasteiger partial charge in [-0.15, -0.1) is 0 Å². The van der Waals surface area contributed by atoms with Crippen LogP contribution in [0.3, 0.4) is 0 Å². The van der Waals surface area contributed by atoms with E-state index < -0.39 is 0 Å². The fourth-order valence-electron chi connectivity index (χ4n) is 1.64. The van der Waals surface area contributed by atoms with Gasteiger partial charge < -0.3 is 5.32 Å². The van der Waals surface area contributed by atoms with Gasteiger partial charge in [0.1, 0.15) is 0 Å². The largest absolute Gasteiger partial charge is 0.334 e. The van der Waals surface area contributed by atoms with Crippen LogP contribution in [0.1, 0.15) is 19.4 Å². The molecule has 2 nitrogen and oxygen atoms in total. The van der Waals surface area contributed by atoms with Gasteiger partial charge >= 0.3 is 0 Å². The maximum absolute atomic E-state index is 4.69. The highest BCUT2D eigenvalue weighted by Crippen LogP contribution is 2.28. The molecule has 1 atom stereocenters. The van der Waals surface area contributed by atoms with Crippen LogP contribution in [0.4, 0.5) is 5.69 Å². The smallest absolute Gasteiger partial charge is 0.161 e. The van der Waals surface area contributed by atoms with Gasteiger partial charge in [-0.25, -0.2) is 0 Å². The van der Waals surface area contributed by atoms with E-state index in [0.717, 1.165) is 21.1 Å². The van der Waals surface area contributed by atoms with Crippen molar-refractivity contribution in [3.05, 3.63) is 28.2 Å². The van der Waals surface area contributed by atoms with Gasteiger partial charge in [0.2, 0.25) is 0 Å². The molecule has 0 amide bonds. The average Bonchev–Trinajstić information content (AvgIpc) is 2.71. The Labute approximate surface area is 115 Å². The molecule has 17 heavy (non-hydrogen) atoms. The molecule has 1 aliphatic rings. The maximum Gasteiger partial charge on any atom is 0.161 e. The summed E-state index contributed by atoms with van der Waals surface area (Å²) in [5, 5.41) is 4.42. The van der Waals surface area contributed by atoms with Gasteiger partial charge in [-0.3, -0.25) is 4.99 Å². The molecule has 0 aliphatic carbocycles. The second-order valence-electron chi connectivity index (χ2n) is 4.66. The number of aliphatic imine (C=N–C) groups is 1. The quantitative estimate of drug-likeness (QED) is 0.880. The van der Waals surface area contributed by atoms with Gasteiger partial charge in [0.25, 0.3) is 0 Å². The predicted molar refractivity (Wildman–Crippen MR) is 81.0 cm³/mol. The Hall–Kier alpha value is -0.480. The van der Waals surface area contributed by atoms with Crippen molar-refractivity contribution in [2.24, 2.45) is 10.9 Å². The van der Waals surface area contributed by atoms with Gasteiger partial charge in [0.05, 0.1) is 11.7 Å². The number of nitrogens with zero attached hydrogens (tertiary/aromatic N) is 1. The third kappa shape index (κ3) is 3.26. The fraction of sp³-hybridized carbons (Fsp3) is 0.462. The van der Waals surface area contributed by atoms with E-state index in [4.69, 9.17) is 4.99 Å². The van der Waals surface area contributed by atoms with E-state index in [1.54, 1.807) is 11.8 Å². The van der Waals surface area contributed by atoms with Crippen molar-refractivity contribution in [3.8, 4) is 0 Å². The SMILES string of the molecule is Cc1ccc(NC2=N[C@@H](C(C)C)CS2)c(Br)c1. The van der Waals surface area contributed by atoms with Gasteiger partial charge in [-0.05, 0) is 46.5 Å². The lowest BCUT2D eigenvalue weighted by Crippen LogP contribution is -2.12. The van der Waals surface area contributed by atoms with Crippen LogP contribution < -0.4 is 5.32 Å². The number of halogens is 1. The normalized spacial score (nSPS) is 19.6. The third-order valence-corrected chi connectivity index (χ3v) is 4.45. The topological polar surface area (TPSA) is 24.4 Å². The Bertz CT molecular complexity index is 443. The van der Waals surface area contributed by atoms with Crippen molar-refractivity contribution in [3.63, 3.8) is 0 Å². The van der Waals surface area contributed by atoms with Crippen LogP contribution in [0.25, 0.3) is 0 Å². The first kappa shape index (κ1) is 13.0. The number of anilines is 1. The zero-order chi connectivity index (χ0) is 12.4. The lowest BCUT2D eigenvalue weighted by Gasteiger charge is -2.09. The summed E-state index contributed by atoms with van der Waals surface area (Å²) >= 11 is 5.38. The lowest BCUT2D eigenvalue weighted by atomic mass is 10.1. The van der Waals surface area contributed by atoms with Crippen LogP contribution in [0.2, 0.25) is 0 Å². The molecule has 0 unspecified atom stereocenters. The van der Waals surface area contributed by atoms with Crippen molar-refractivity contribution >= 4 is 38.5 Å². The van der Waals surface area contributed by atoms with Crippen molar-refractivity contribution in [2.45, 2.75) is 26.8 Å². The first-order valence-corrected chi connectivity index (χ1v) is 7.58. The van der Waals surface area contributed by atoms with Gasteiger partial charge in [-0.2, -0.15) is 0 Å². The van der Waals surface area contributed by atoms with Gasteiger partial charge in [-0.1, -0.05) is 31.7 Å². The molecule has 0 saturated carbocycles. The zero-order valence-electron chi connectivity index (χ0n) is 10.3. The van der Waals surface area contributed by atoms with Crippen molar-refractivity contribution in [2.75, 3.05) is 11.1 Å². The van der Waals surface area contributed by atoms with Gasteiger partial charge in [0, 0.05) is 10.2 Å². The summed E-state index contributed by atoms with van der Waals surface area (Å²) in [6, 6.07) is 6.76. The van der Waals surface area contributed by atoms with E-state index in [0.29, 0.717) is 12.0 Å². The van der Waals surface area contributed by atoms with Crippen LogP contribution in [0, 0.1) is 12.8 Å². The van der Waals surface area contributed by atoms with Gasteiger partial charge in [0.15, 0.2) is 5.17 Å². The molecule has 2 rings (SSSR count). The summed E-state index contributed by atoms with van der Waals surface area (Å²) in [4.78, 5) is 4.69. The Morgan fingerprint density at radius 2 is 2.24 bits per heavy atom. The Balaban J connectivity index is 2.09. The Morgan fingerprint density at radius 3 is 2.82 bits per heavy atom. The van der Waals surface area contributed by atoms with Crippen molar-refractivity contribution in [1.29, 1.82) is 0 Å². The van der Waals surface area contributed by atoms with E-state index in [2.05, 4.69) is 60.2 Å². The number of aryl methyl sites for hydroxylation is 1. The maximum atomic E-state index is 4.69. The highest BCUT2D eigenvalue weighted by Gasteiger charge is 2.21. The Kier molecular flexibility index (Phi) is 4.15. The molecule has 0 fully saturated rings. The second-order valence-corrected chi connectivity index (χ2v) is 6.53. The minimum absolute atomic E-state index is 0.451. The molecular formula is C13H17BrN2S. The van der Waals surface area contributed by atoms with E-state index >= 15 is 0 Å². The van der Waals surface area contributed by atoms with Crippen LogP contribution in [0.15, 0.2) is 27.7 Å². The van der Waals surface area contributed by atoms with Crippen LogP contribution in [0.5, 0.6) is 0 Å². The van der Waals surface area contributed by atoms with E-state index in [9.17, 15) is 0 Å². The molecule has 4 heteroatoms. The first-order chi connectivity index (χ1) is 8.06. The number of hydrogen-bond acceptors (Lipinski definition) is 3. The molecule has 1 heterocycles. The average molecular weight is 313 g/mol. The number of benzene rings is 1. The predicted octanol–water partition coefficient (Wildman–Crippen LogP) is 4.30. The number of thioether (sulfide) groups is 1. The summed E-state index contributed by atoms with van der Waals surface area (Å²) in [6.07, 6.45) is 0. The summed E-state index contributed by atoms with van der Waals surface area (Å²) in [7, 11) is 0. The summed E-state index contributed by atoms with van der Waals surface area (Å²) < 4.78 is 1.09. The Morgan fingerprint density at radius 1 is 1.47 bits per heavy atom. The molecule has 1 N–H and O–H groups in total. The highest BCUT2D eigenvalue weighted by atomic mass is 79.9. The number of nitrogens with one attached hydrogen (secondary N) is 1. The van der Waals surface area contributed by atoms with E-state index in [1.165, 1.54) is 5.56 Å². The molecule has 0 saturated heterocycles. The summed E-state index contributed by atoms with van der Waals surface area (Å²) in [5.74, 6) is 1.70. The van der Waals surface area contributed by atoms with Crippen LogP contribution in [-0.2, 0) is 0 Å². The zero-order valence-corrected chi connectivity index (χ0v) is 12.7.